The number of aromatic amines is 1. The smallest absolute Gasteiger partial charge is 0.269 e. The second-order valence-electron chi connectivity index (χ2n) is 5.12. The maximum absolute atomic E-state index is 13.2. The number of aromatic nitrogens is 2. The number of thioether (sulfide) groups is 1. The third-order valence-corrected chi connectivity index (χ3v) is 4.39. The third-order valence-electron chi connectivity index (χ3n) is 3.26. The van der Waals surface area contributed by atoms with E-state index in [2.05, 4.69) is 20.8 Å². The van der Waals surface area contributed by atoms with E-state index < -0.39 is 23.4 Å². The van der Waals surface area contributed by atoms with Crippen molar-refractivity contribution in [1.82, 2.24) is 20.8 Å². The maximum atomic E-state index is 13.2. The average Bonchev–Trinajstić information content (AvgIpc) is 3.00. The molecule has 0 saturated carbocycles. The van der Waals surface area contributed by atoms with Gasteiger partial charge in [0.25, 0.3) is 5.91 Å². The number of hydrazine groups is 1. The van der Waals surface area contributed by atoms with Crippen molar-refractivity contribution in [3.8, 4) is 0 Å². The predicted octanol–water partition coefficient (Wildman–Crippen LogP) is 3.05. The van der Waals surface area contributed by atoms with Crippen LogP contribution in [0.1, 0.15) is 10.4 Å². The molecule has 0 aliphatic carbocycles. The summed E-state index contributed by atoms with van der Waals surface area (Å²) >= 11 is 6.76. The number of amides is 2. The van der Waals surface area contributed by atoms with Gasteiger partial charge in [-0.05, 0) is 24.3 Å². The Labute approximate surface area is 155 Å². The lowest BCUT2D eigenvalue weighted by molar-refractivity contribution is -0.119. The number of nitrogens with zero attached hydrogens (tertiary/aromatic N) is 1. The van der Waals surface area contributed by atoms with Crippen LogP contribution in [0, 0.1) is 11.6 Å². The average molecular weight is 397 g/mol. The van der Waals surface area contributed by atoms with Crippen LogP contribution in [0.2, 0.25) is 5.02 Å². The van der Waals surface area contributed by atoms with Gasteiger partial charge in [0.05, 0.1) is 16.8 Å². The number of rotatable bonds is 4. The Morgan fingerprint density at radius 3 is 2.54 bits per heavy atom. The summed E-state index contributed by atoms with van der Waals surface area (Å²) in [5.41, 5.74) is 5.45. The molecule has 2 aromatic carbocycles. The van der Waals surface area contributed by atoms with Gasteiger partial charge in [0.1, 0.15) is 0 Å². The van der Waals surface area contributed by atoms with E-state index in [1.165, 1.54) is 12.1 Å². The zero-order valence-corrected chi connectivity index (χ0v) is 14.5. The van der Waals surface area contributed by atoms with Gasteiger partial charge in [-0.2, -0.15) is 0 Å². The fraction of sp³-hybridized carbons (Fsp3) is 0.0625. The van der Waals surface area contributed by atoms with Crippen molar-refractivity contribution in [2.24, 2.45) is 0 Å². The standard InChI is InChI=1S/C16H11ClF2N4O2S/c17-9-3-1-8(2-4-9)15(25)23-22-14(24)7-26-16-20-12-5-10(18)11(19)6-13(12)21-16/h1-6H,7H2,(H,20,21)(H,22,24)(H,23,25). The van der Waals surface area contributed by atoms with E-state index in [-0.39, 0.29) is 11.3 Å². The highest BCUT2D eigenvalue weighted by molar-refractivity contribution is 7.99. The lowest BCUT2D eigenvalue weighted by Gasteiger charge is -2.06. The molecule has 2 amide bonds. The molecule has 0 unspecified atom stereocenters. The first-order chi connectivity index (χ1) is 12.4. The van der Waals surface area contributed by atoms with Crippen LogP contribution < -0.4 is 10.9 Å². The Morgan fingerprint density at radius 2 is 1.81 bits per heavy atom. The van der Waals surface area contributed by atoms with Crippen LogP contribution >= 0.6 is 23.4 Å². The molecule has 1 aromatic heterocycles. The number of benzene rings is 2. The van der Waals surface area contributed by atoms with Crippen molar-refractivity contribution in [1.29, 1.82) is 0 Å². The number of carbonyl (C=O) groups is 2. The van der Waals surface area contributed by atoms with E-state index in [9.17, 15) is 18.4 Å². The molecule has 134 valence electrons. The predicted molar refractivity (Wildman–Crippen MR) is 93.8 cm³/mol. The second kappa shape index (κ2) is 7.71. The van der Waals surface area contributed by atoms with Crippen molar-refractivity contribution < 1.29 is 18.4 Å². The Morgan fingerprint density at radius 1 is 1.12 bits per heavy atom. The maximum Gasteiger partial charge on any atom is 0.269 e. The summed E-state index contributed by atoms with van der Waals surface area (Å²) in [6.07, 6.45) is 0. The monoisotopic (exact) mass is 396 g/mol. The zero-order valence-electron chi connectivity index (χ0n) is 13.0. The van der Waals surface area contributed by atoms with Gasteiger partial charge in [0, 0.05) is 22.7 Å². The van der Waals surface area contributed by atoms with Crippen LogP contribution in [0.5, 0.6) is 0 Å². The Bertz CT molecular complexity index is 939. The molecule has 6 nitrogen and oxygen atoms in total. The van der Waals surface area contributed by atoms with Crippen LogP contribution in [0.4, 0.5) is 8.78 Å². The molecule has 0 fully saturated rings. The number of halogens is 3. The first-order valence-corrected chi connectivity index (χ1v) is 8.61. The molecular weight excluding hydrogens is 386 g/mol. The summed E-state index contributed by atoms with van der Waals surface area (Å²) in [6.45, 7) is 0. The van der Waals surface area contributed by atoms with E-state index in [0.717, 1.165) is 23.9 Å². The summed E-state index contributed by atoms with van der Waals surface area (Å²) in [5, 5.41) is 0.816. The number of hydrogen-bond donors (Lipinski definition) is 3. The summed E-state index contributed by atoms with van der Waals surface area (Å²) in [5.74, 6) is -3.01. The van der Waals surface area contributed by atoms with Crippen molar-refractivity contribution in [2.45, 2.75) is 5.16 Å². The molecule has 3 aromatic rings. The normalized spacial score (nSPS) is 10.7. The SMILES string of the molecule is O=C(CSc1nc2cc(F)c(F)cc2[nH]1)NNC(=O)c1ccc(Cl)cc1. The minimum Gasteiger partial charge on any atom is -0.333 e. The number of imidazole rings is 1. The highest BCUT2D eigenvalue weighted by atomic mass is 35.5. The topological polar surface area (TPSA) is 86.9 Å². The van der Waals surface area contributed by atoms with Crippen LogP contribution in [0.3, 0.4) is 0 Å². The van der Waals surface area contributed by atoms with Crippen molar-refractivity contribution in [3.05, 3.63) is 58.6 Å². The van der Waals surface area contributed by atoms with E-state index in [0.29, 0.717) is 21.3 Å². The van der Waals surface area contributed by atoms with Gasteiger partial charge in [-0.1, -0.05) is 23.4 Å². The quantitative estimate of drug-likeness (QED) is 0.467. The van der Waals surface area contributed by atoms with Gasteiger partial charge in [-0.15, -0.1) is 0 Å². The molecule has 0 aliphatic heterocycles. The van der Waals surface area contributed by atoms with E-state index >= 15 is 0 Å². The number of carbonyl (C=O) groups excluding carboxylic acids is 2. The van der Waals surface area contributed by atoms with E-state index in [1.807, 2.05) is 0 Å². The molecule has 0 saturated heterocycles. The lowest BCUT2D eigenvalue weighted by atomic mass is 10.2. The van der Waals surface area contributed by atoms with E-state index in [1.54, 1.807) is 12.1 Å². The third kappa shape index (κ3) is 4.30. The van der Waals surface area contributed by atoms with Gasteiger partial charge < -0.3 is 4.98 Å². The van der Waals surface area contributed by atoms with Crippen molar-refractivity contribution >= 4 is 46.2 Å². The second-order valence-corrected chi connectivity index (χ2v) is 6.52. The van der Waals surface area contributed by atoms with Crippen LogP contribution in [0.15, 0.2) is 41.6 Å². The lowest BCUT2D eigenvalue weighted by Crippen LogP contribution is -2.42. The number of nitrogens with one attached hydrogen (secondary N) is 3. The number of fused-ring (bicyclic) bond motifs is 1. The highest BCUT2D eigenvalue weighted by Crippen LogP contribution is 2.21. The molecular formula is C16H11ClF2N4O2S. The molecule has 0 aliphatic rings. The minimum absolute atomic E-state index is 0.0638. The van der Waals surface area contributed by atoms with Gasteiger partial charge in [0.2, 0.25) is 5.91 Å². The van der Waals surface area contributed by atoms with Gasteiger partial charge in [0.15, 0.2) is 16.8 Å². The van der Waals surface area contributed by atoms with Crippen LogP contribution in [-0.4, -0.2) is 27.5 Å². The first kappa shape index (κ1) is 18.2. The molecule has 26 heavy (non-hydrogen) atoms. The van der Waals surface area contributed by atoms with E-state index in [4.69, 9.17) is 11.6 Å². The summed E-state index contributed by atoms with van der Waals surface area (Å²) < 4.78 is 26.3. The van der Waals surface area contributed by atoms with Crippen LogP contribution in [-0.2, 0) is 4.79 Å². The zero-order chi connectivity index (χ0) is 18.7. The number of hydrogen-bond acceptors (Lipinski definition) is 4. The fourth-order valence-electron chi connectivity index (χ4n) is 2.02. The molecule has 0 radical (unpaired) electrons. The summed E-state index contributed by atoms with van der Waals surface area (Å²) in [4.78, 5) is 30.5. The van der Waals surface area contributed by atoms with Crippen molar-refractivity contribution in [3.63, 3.8) is 0 Å². The van der Waals surface area contributed by atoms with Crippen molar-refractivity contribution in [2.75, 3.05) is 5.75 Å². The molecule has 0 atom stereocenters. The Balaban J connectivity index is 1.52. The number of H-pyrrole nitrogens is 1. The fourth-order valence-corrected chi connectivity index (χ4v) is 2.83. The molecule has 3 rings (SSSR count). The van der Waals surface area contributed by atoms with Gasteiger partial charge >= 0.3 is 0 Å². The highest BCUT2D eigenvalue weighted by Gasteiger charge is 2.11. The van der Waals surface area contributed by atoms with Crippen LogP contribution in [0.25, 0.3) is 11.0 Å². The van der Waals surface area contributed by atoms with Gasteiger partial charge in [-0.25, -0.2) is 13.8 Å². The molecule has 0 spiro atoms. The minimum atomic E-state index is -0.997. The summed E-state index contributed by atoms with van der Waals surface area (Å²) in [6, 6.07) is 8.12. The molecule has 1 heterocycles. The molecule has 3 N–H and O–H groups in total. The molecule has 10 heteroatoms. The molecule has 0 bridgehead atoms. The Kier molecular flexibility index (Phi) is 5.38. The summed E-state index contributed by atoms with van der Waals surface area (Å²) in [7, 11) is 0. The van der Waals surface area contributed by atoms with Gasteiger partial charge in [-0.3, -0.25) is 20.4 Å². The largest absolute Gasteiger partial charge is 0.333 e. The first-order valence-electron chi connectivity index (χ1n) is 7.24. The Hall–Kier alpha value is -2.65.